The monoisotopic (exact) mass is 363 g/mol. The first-order valence-corrected chi connectivity index (χ1v) is 8.75. The van der Waals surface area contributed by atoms with Gasteiger partial charge in [0.2, 0.25) is 0 Å². The number of Topliss-reactive ketones (excluding diaryl/α,β-unsaturated/α-hetero) is 1. The minimum Gasteiger partial charge on any atom is -0.456 e. The van der Waals surface area contributed by atoms with E-state index in [1.807, 2.05) is 12.1 Å². The van der Waals surface area contributed by atoms with Crippen molar-refractivity contribution in [3.63, 3.8) is 0 Å². The fourth-order valence-corrected chi connectivity index (χ4v) is 3.27. The van der Waals surface area contributed by atoms with Crippen molar-refractivity contribution >= 4 is 22.7 Å². The first kappa shape index (κ1) is 17.1. The van der Waals surface area contributed by atoms with Crippen molar-refractivity contribution in [2.24, 2.45) is 0 Å². The first-order valence-electron chi connectivity index (χ1n) is 8.75. The summed E-state index contributed by atoms with van der Waals surface area (Å²) in [5, 5.41) is 8.02. The molecule has 4 rings (SSSR count). The van der Waals surface area contributed by atoms with Crippen LogP contribution in [0.25, 0.3) is 10.9 Å². The van der Waals surface area contributed by atoms with Crippen molar-refractivity contribution in [2.75, 3.05) is 6.61 Å². The highest BCUT2D eigenvalue weighted by molar-refractivity contribution is 5.98. The number of fused-ring (bicyclic) bond motifs is 2. The smallest absolute Gasteiger partial charge is 0.328 e. The number of aryl methyl sites for hydroxylation is 2. The molecule has 136 valence electrons. The molecule has 0 amide bonds. The van der Waals surface area contributed by atoms with E-state index >= 15 is 0 Å². The molecule has 3 aromatic rings. The maximum atomic E-state index is 12.3. The standard InChI is InChI=1S/C20H17N3O4/c24-18(15-9-8-13-4-3-5-14(13)10-15)12-27-19(25)11-23-20(26)16-6-1-2-7-17(16)21-22-23/h1-2,6-10H,3-5,11-12H2. The highest BCUT2D eigenvalue weighted by atomic mass is 16.5. The third kappa shape index (κ3) is 3.48. The van der Waals surface area contributed by atoms with Crippen LogP contribution in [0.15, 0.2) is 47.3 Å². The Morgan fingerprint density at radius 1 is 1.07 bits per heavy atom. The molecule has 0 aliphatic heterocycles. The van der Waals surface area contributed by atoms with Gasteiger partial charge in [-0.2, -0.15) is 4.68 Å². The van der Waals surface area contributed by atoms with Crippen molar-refractivity contribution in [3.05, 3.63) is 69.5 Å². The molecular weight excluding hydrogens is 346 g/mol. The molecule has 0 saturated carbocycles. The van der Waals surface area contributed by atoms with E-state index in [0.29, 0.717) is 16.5 Å². The number of aromatic nitrogens is 3. The van der Waals surface area contributed by atoms with Crippen molar-refractivity contribution in [3.8, 4) is 0 Å². The molecule has 0 radical (unpaired) electrons. The van der Waals surface area contributed by atoms with Crippen molar-refractivity contribution in [1.29, 1.82) is 0 Å². The van der Waals surface area contributed by atoms with Gasteiger partial charge in [0.15, 0.2) is 12.4 Å². The molecule has 0 spiro atoms. The number of carbonyl (C=O) groups is 2. The summed E-state index contributed by atoms with van der Waals surface area (Å²) < 4.78 is 5.97. The van der Waals surface area contributed by atoms with Crippen molar-refractivity contribution < 1.29 is 14.3 Å². The number of ketones is 1. The predicted molar refractivity (Wildman–Crippen MR) is 97.6 cm³/mol. The van der Waals surface area contributed by atoms with E-state index in [2.05, 4.69) is 10.3 Å². The van der Waals surface area contributed by atoms with Gasteiger partial charge in [0.05, 0.1) is 5.39 Å². The molecular formula is C20H17N3O4. The van der Waals surface area contributed by atoms with Gasteiger partial charge in [0, 0.05) is 5.56 Å². The minimum atomic E-state index is -0.712. The molecule has 0 unspecified atom stereocenters. The molecule has 1 aromatic heterocycles. The van der Waals surface area contributed by atoms with E-state index in [4.69, 9.17) is 4.74 Å². The number of benzene rings is 2. The summed E-state index contributed by atoms with van der Waals surface area (Å²) >= 11 is 0. The molecule has 7 nitrogen and oxygen atoms in total. The lowest BCUT2D eigenvalue weighted by Crippen LogP contribution is -2.29. The van der Waals surface area contributed by atoms with E-state index < -0.39 is 18.1 Å². The van der Waals surface area contributed by atoms with Crippen LogP contribution in [-0.4, -0.2) is 33.4 Å². The number of ether oxygens (including phenoxy) is 1. The highest BCUT2D eigenvalue weighted by Gasteiger charge is 2.16. The number of nitrogens with zero attached hydrogens (tertiary/aromatic N) is 3. The lowest BCUT2D eigenvalue weighted by Gasteiger charge is -2.07. The molecule has 0 N–H and O–H groups in total. The Hall–Kier alpha value is -3.35. The number of carbonyl (C=O) groups excluding carboxylic acids is 2. The zero-order chi connectivity index (χ0) is 18.8. The highest BCUT2D eigenvalue weighted by Crippen LogP contribution is 2.23. The lowest BCUT2D eigenvalue weighted by molar-refractivity contribution is -0.143. The van der Waals surface area contributed by atoms with Gasteiger partial charge in [0.25, 0.3) is 5.56 Å². The Kier molecular flexibility index (Phi) is 4.50. The molecule has 1 heterocycles. The van der Waals surface area contributed by atoms with Gasteiger partial charge in [-0.1, -0.05) is 29.5 Å². The van der Waals surface area contributed by atoms with Crippen LogP contribution in [0.1, 0.15) is 27.9 Å². The van der Waals surface area contributed by atoms with Crippen LogP contribution >= 0.6 is 0 Å². The summed E-state index contributed by atoms with van der Waals surface area (Å²) in [4.78, 5) is 36.6. The third-order valence-corrected chi connectivity index (χ3v) is 4.69. The molecule has 0 saturated heterocycles. The first-order chi connectivity index (χ1) is 13.1. The largest absolute Gasteiger partial charge is 0.456 e. The normalized spacial score (nSPS) is 12.7. The van der Waals surface area contributed by atoms with Gasteiger partial charge in [-0.05, 0) is 48.6 Å². The fraction of sp³-hybridized carbons (Fsp3) is 0.250. The van der Waals surface area contributed by atoms with E-state index in [-0.39, 0.29) is 12.4 Å². The van der Waals surface area contributed by atoms with Crippen LogP contribution in [0.4, 0.5) is 0 Å². The zero-order valence-electron chi connectivity index (χ0n) is 14.6. The van der Waals surface area contributed by atoms with E-state index in [0.717, 1.165) is 23.9 Å². The second-order valence-electron chi connectivity index (χ2n) is 6.49. The Labute approximate surface area is 154 Å². The molecule has 1 aliphatic carbocycles. The zero-order valence-corrected chi connectivity index (χ0v) is 14.6. The van der Waals surface area contributed by atoms with E-state index in [9.17, 15) is 14.4 Å². The van der Waals surface area contributed by atoms with Crippen LogP contribution in [0.2, 0.25) is 0 Å². The van der Waals surface area contributed by atoms with Crippen molar-refractivity contribution in [1.82, 2.24) is 15.0 Å². The molecule has 7 heteroatoms. The summed E-state index contributed by atoms with van der Waals surface area (Å²) in [6, 6.07) is 12.3. The molecule has 2 aromatic carbocycles. The third-order valence-electron chi connectivity index (χ3n) is 4.69. The maximum absolute atomic E-state index is 12.3. The minimum absolute atomic E-state index is 0.269. The fourth-order valence-electron chi connectivity index (χ4n) is 3.27. The second kappa shape index (κ2) is 7.11. The number of rotatable bonds is 5. The number of esters is 1. The topological polar surface area (TPSA) is 91.2 Å². The summed E-state index contributed by atoms with van der Waals surface area (Å²) in [6.45, 7) is -0.762. The second-order valence-corrected chi connectivity index (χ2v) is 6.49. The van der Waals surface area contributed by atoms with Crippen LogP contribution < -0.4 is 5.56 Å². The average Bonchev–Trinajstić information content (AvgIpc) is 3.16. The Morgan fingerprint density at radius 3 is 2.78 bits per heavy atom. The SMILES string of the molecule is O=C(Cn1nnc2ccccc2c1=O)OCC(=O)c1ccc2c(c1)CCC2. The van der Waals surface area contributed by atoms with Crippen LogP contribution in [0, 0.1) is 0 Å². The average molecular weight is 363 g/mol. The van der Waals surface area contributed by atoms with E-state index in [1.54, 1.807) is 30.3 Å². The Bertz CT molecular complexity index is 1100. The van der Waals surface area contributed by atoms with Crippen LogP contribution in [0.3, 0.4) is 0 Å². The summed E-state index contributed by atoms with van der Waals surface area (Å²) in [7, 11) is 0. The molecule has 0 atom stereocenters. The Morgan fingerprint density at radius 2 is 1.89 bits per heavy atom. The van der Waals surface area contributed by atoms with Crippen molar-refractivity contribution in [2.45, 2.75) is 25.8 Å². The quantitative estimate of drug-likeness (QED) is 0.506. The number of hydrogen-bond acceptors (Lipinski definition) is 6. The van der Waals surface area contributed by atoms with Crippen LogP contribution in [-0.2, 0) is 28.9 Å². The summed E-state index contributed by atoms with van der Waals surface area (Å²) in [6.07, 6.45) is 3.11. The van der Waals surface area contributed by atoms with E-state index in [1.165, 1.54) is 11.1 Å². The Balaban J connectivity index is 1.40. The summed E-state index contributed by atoms with van der Waals surface area (Å²) in [5.74, 6) is -0.980. The van der Waals surface area contributed by atoms with Gasteiger partial charge in [-0.15, -0.1) is 5.10 Å². The van der Waals surface area contributed by atoms with Gasteiger partial charge < -0.3 is 4.74 Å². The predicted octanol–water partition coefficient (Wildman–Crippen LogP) is 1.71. The van der Waals surface area contributed by atoms with Crippen LogP contribution in [0.5, 0.6) is 0 Å². The maximum Gasteiger partial charge on any atom is 0.328 e. The molecule has 0 bridgehead atoms. The lowest BCUT2D eigenvalue weighted by atomic mass is 10.0. The molecule has 27 heavy (non-hydrogen) atoms. The number of hydrogen-bond donors (Lipinski definition) is 0. The van der Waals surface area contributed by atoms with Gasteiger partial charge in [-0.3, -0.25) is 14.4 Å². The summed E-state index contributed by atoms with van der Waals surface area (Å²) in [5.41, 5.74) is 3.02. The van der Waals surface area contributed by atoms with Gasteiger partial charge >= 0.3 is 5.97 Å². The molecule has 0 fully saturated rings. The van der Waals surface area contributed by atoms with Gasteiger partial charge in [-0.25, -0.2) is 0 Å². The molecule has 1 aliphatic rings. The van der Waals surface area contributed by atoms with Gasteiger partial charge in [0.1, 0.15) is 12.1 Å².